The topological polar surface area (TPSA) is 66.8 Å². The van der Waals surface area contributed by atoms with E-state index in [1.165, 1.54) is 4.90 Å². The van der Waals surface area contributed by atoms with E-state index in [0.717, 1.165) is 16.9 Å². The zero-order valence-corrected chi connectivity index (χ0v) is 14.7. The molecule has 2 aromatic carbocycles. The normalized spacial score (nSPS) is 11.6. The smallest absolute Gasteiger partial charge is 0.308 e. The van der Waals surface area contributed by atoms with Gasteiger partial charge in [-0.1, -0.05) is 37.3 Å². The summed E-state index contributed by atoms with van der Waals surface area (Å²) in [5.74, 6) is -0.971. The summed E-state index contributed by atoms with van der Waals surface area (Å²) < 4.78 is 5.66. The molecule has 132 valence electrons. The molecule has 0 fully saturated rings. The summed E-state index contributed by atoms with van der Waals surface area (Å²) in [7, 11) is 1.61. The van der Waals surface area contributed by atoms with Gasteiger partial charge >= 0.3 is 5.97 Å². The summed E-state index contributed by atoms with van der Waals surface area (Å²) in [4.78, 5) is 25.0. The Morgan fingerprint density at radius 1 is 1.16 bits per heavy atom. The lowest BCUT2D eigenvalue weighted by Crippen LogP contribution is -2.33. The number of ether oxygens (including phenoxy) is 1. The van der Waals surface area contributed by atoms with Crippen LogP contribution < -0.4 is 4.74 Å². The monoisotopic (exact) mass is 341 g/mol. The number of amides is 1. The van der Waals surface area contributed by atoms with Crippen molar-refractivity contribution < 1.29 is 19.4 Å². The molecule has 1 unspecified atom stereocenters. The van der Waals surface area contributed by atoms with Crippen molar-refractivity contribution in [2.45, 2.75) is 13.8 Å². The summed E-state index contributed by atoms with van der Waals surface area (Å²) in [6.07, 6.45) is 0. The molecule has 0 saturated heterocycles. The number of carbonyl (C=O) groups is 2. The molecule has 0 aliphatic heterocycles. The number of rotatable bonds is 7. The van der Waals surface area contributed by atoms with E-state index in [-0.39, 0.29) is 12.5 Å². The Balaban J connectivity index is 2.27. The van der Waals surface area contributed by atoms with E-state index in [4.69, 9.17) is 9.84 Å². The highest BCUT2D eigenvalue weighted by molar-refractivity contribution is 5.95. The second kappa shape index (κ2) is 8.33. The Morgan fingerprint density at radius 2 is 1.88 bits per heavy atom. The standard InChI is InChI=1S/C20H23NO4/c1-4-25-18-11-6-5-10-17(18)15-8-7-9-16(12-15)19(22)21(3)13-14(2)20(23)24/h5-12,14H,4,13H2,1-3H3,(H,23,24). The second-order valence-electron chi connectivity index (χ2n) is 5.93. The molecule has 0 bridgehead atoms. The highest BCUT2D eigenvalue weighted by Crippen LogP contribution is 2.30. The van der Waals surface area contributed by atoms with Crippen molar-refractivity contribution in [2.75, 3.05) is 20.2 Å². The van der Waals surface area contributed by atoms with Crippen LogP contribution in [0.15, 0.2) is 48.5 Å². The van der Waals surface area contributed by atoms with Gasteiger partial charge in [0.25, 0.3) is 5.91 Å². The second-order valence-corrected chi connectivity index (χ2v) is 5.93. The molecule has 5 heteroatoms. The first kappa shape index (κ1) is 18.5. The van der Waals surface area contributed by atoms with Gasteiger partial charge in [-0.2, -0.15) is 0 Å². The number of aliphatic carboxylic acids is 1. The zero-order chi connectivity index (χ0) is 18.4. The fourth-order valence-electron chi connectivity index (χ4n) is 2.60. The maximum absolute atomic E-state index is 12.6. The van der Waals surface area contributed by atoms with Gasteiger partial charge in [0.2, 0.25) is 0 Å². The summed E-state index contributed by atoms with van der Waals surface area (Å²) in [5, 5.41) is 9.01. The first-order valence-electron chi connectivity index (χ1n) is 8.24. The predicted octanol–water partition coefficient (Wildman–Crippen LogP) is 3.55. The lowest BCUT2D eigenvalue weighted by molar-refractivity contribution is -0.141. The van der Waals surface area contributed by atoms with E-state index < -0.39 is 11.9 Å². The summed E-state index contributed by atoms with van der Waals surface area (Å²) in [5.41, 5.74) is 2.32. The Labute approximate surface area is 147 Å². The van der Waals surface area contributed by atoms with Crippen LogP contribution in [0.4, 0.5) is 0 Å². The molecule has 0 radical (unpaired) electrons. The number of hydrogen-bond donors (Lipinski definition) is 1. The molecule has 0 aromatic heterocycles. The Morgan fingerprint density at radius 3 is 2.56 bits per heavy atom. The number of carboxylic acid groups (broad SMARTS) is 1. The molecule has 1 amide bonds. The molecule has 0 aliphatic carbocycles. The third-order valence-electron chi connectivity index (χ3n) is 3.92. The van der Waals surface area contributed by atoms with E-state index >= 15 is 0 Å². The number of para-hydroxylation sites is 1. The highest BCUT2D eigenvalue weighted by Gasteiger charge is 2.19. The molecule has 2 rings (SSSR count). The van der Waals surface area contributed by atoms with Crippen LogP contribution in [0.2, 0.25) is 0 Å². The molecular weight excluding hydrogens is 318 g/mol. The van der Waals surface area contributed by atoms with Gasteiger partial charge in [0.05, 0.1) is 12.5 Å². The summed E-state index contributed by atoms with van der Waals surface area (Å²) in [6.45, 7) is 4.23. The Kier molecular flexibility index (Phi) is 6.17. The summed E-state index contributed by atoms with van der Waals surface area (Å²) >= 11 is 0. The molecule has 0 aliphatic rings. The van der Waals surface area contributed by atoms with Gasteiger partial charge in [-0.25, -0.2) is 0 Å². The van der Waals surface area contributed by atoms with Gasteiger partial charge in [-0.15, -0.1) is 0 Å². The number of carbonyl (C=O) groups excluding carboxylic acids is 1. The van der Waals surface area contributed by atoms with Gasteiger partial charge in [0.1, 0.15) is 5.75 Å². The third-order valence-corrected chi connectivity index (χ3v) is 3.92. The molecule has 1 N–H and O–H groups in total. The molecule has 0 spiro atoms. The minimum atomic E-state index is -0.918. The minimum Gasteiger partial charge on any atom is -0.493 e. The number of benzene rings is 2. The zero-order valence-electron chi connectivity index (χ0n) is 14.7. The van der Waals surface area contributed by atoms with E-state index in [2.05, 4.69) is 0 Å². The molecule has 2 aromatic rings. The van der Waals surface area contributed by atoms with Crippen LogP contribution >= 0.6 is 0 Å². The minimum absolute atomic E-state index is 0.161. The van der Waals surface area contributed by atoms with Crippen molar-refractivity contribution in [3.05, 3.63) is 54.1 Å². The highest BCUT2D eigenvalue weighted by atomic mass is 16.5. The maximum Gasteiger partial charge on any atom is 0.308 e. The van der Waals surface area contributed by atoms with Gasteiger partial charge in [0, 0.05) is 24.7 Å². The predicted molar refractivity (Wildman–Crippen MR) is 96.8 cm³/mol. The molecule has 25 heavy (non-hydrogen) atoms. The molecule has 1 atom stereocenters. The van der Waals surface area contributed by atoms with Crippen molar-refractivity contribution in [3.8, 4) is 16.9 Å². The van der Waals surface area contributed by atoms with Crippen LogP contribution in [0, 0.1) is 5.92 Å². The molecule has 5 nitrogen and oxygen atoms in total. The molecule has 0 heterocycles. The Hall–Kier alpha value is -2.82. The Bertz CT molecular complexity index is 757. The summed E-state index contributed by atoms with van der Waals surface area (Å²) in [6, 6.07) is 15.0. The van der Waals surface area contributed by atoms with Crippen LogP contribution in [-0.2, 0) is 4.79 Å². The number of carboxylic acids is 1. The number of hydrogen-bond acceptors (Lipinski definition) is 3. The first-order valence-corrected chi connectivity index (χ1v) is 8.24. The van der Waals surface area contributed by atoms with Crippen LogP contribution in [0.25, 0.3) is 11.1 Å². The van der Waals surface area contributed by atoms with Crippen LogP contribution in [0.1, 0.15) is 24.2 Å². The lowest BCUT2D eigenvalue weighted by atomic mass is 10.0. The van der Waals surface area contributed by atoms with Crippen molar-refractivity contribution >= 4 is 11.9 Å². The fourth-order valence-corrected chi connectivity index (χ4v) is 2.60. The third kappa shape index (κ3) is 4.59. The lowest BCUT2D eigenvalue weighted by Gasteiger charge is -2.20. The van der Waals surface area contributed by atoms with E-state index in [1.54, 1.807) is 20.0 Å². The van der Waals surface area contributed by atoms with Gasteiger partial charge in [-0.3, -0.25) is 9.59 Å². The SMILES string of the molecule is CCOc1ccccc1-c1cccc(C(=O)N(C)CC(C)C(=O)O)c1. The molecule has 0 saturated carbocycles. The quantitative estimate of drug-likeness (QED) is 0.836. The largest absolute Gasteiger partial charge is 0.493 e. The van der Waals surface area contributed by atoms with Gasteiger partial charge in [-0.05, 0) is 30.7 Å². The van der Waals surface area contributed by atoms with Crippen molar-refractivity contribution in [1.82, 2.24) is 4.90 Å². The first-order chi connectivity index (χ1) is 11.9. The van der Waals surface area contributed by atoms with Crippen LogP contribution in [0.3, 0.4) is 0 Å². The van der Waals surface area contributed by atoms with Gasteiger partial charge in [0.15, 0.2) is 0 Å². The van der Waals surface area contributed by atoms with E-state index in [1.807, 2.05) is 49.4 Å². The van der Waals surface area contributed by atoms with Gasteiger partial charge < -0.3 is 14.7 Å². The van der Waals surface area contributed by atoms with E-state index in [9.17, 15) is 9.59 Å². The molecular formula is C20H23NO4. The maximum atomic E-state index is 12.6. The average Bonchev–Trinajstić information content (AvgIpc) is 2.61. The number of nitrogens with zero attached hydrogens (tertiary/aromatic N) is 1. The van der Waals surface area contributed by atoms with Crippen molar-refractivity contribution in [3.63, 3.8) is 0 Å². The van der Waals surface area contributed by atoms with Crippen molar-refractivity contribution in [1.29, 1.82) is 0 Å². The average molecular weight is 341 g/mol. The van der Waals surface area contributed by atoms with Crippen molar-refractivity contribution in [2.24, 2.45) is 5.92 Å². The van der Waals surface area contributed by atoms with E-state index in [0.29, 0.717) is 12.2 Å². The fraction of sp³-hybridized carbons (Fsp3) is 0.300. The van der Waals surface area contributed by atoms with Crippen LogP contribution in [-0.4, -0.2) is 42.1 Å². The van der Waals surface area contributed by atoms with Crippen LogP contribution in [0.5, 0.6) is 5.75 Å².